The van der Waals surface area contributed by atoms with Crippen molar-refractivity contribution >= 4 is 9.84 Å². The van der Waals surface area contributed by atoms with Crippen LogP contribution >= 0.6 is 0 Å². The summed E-state index contributed by atoms with van der Waals surface area (Å²) in [6.45, 7) is 2.51. The van der Waals surface area contributed by atoms with Crippen LogP contribution < -0.4 is 5.32 Å². The number of rotatable bonds is 5. The lowest BCUT2D eigenvalue weighted by Gasteiger charge is -2.20. The molecule has 0 spiro atoms. The number of sulfone groups is 1. The zero-order valence-electron chi connectivity index (χ0n) is 10.8. The molecule has 0 aromatic carbocycles. The fourth-order valence-electron chi connectivity index (χ4n) is 3.12. The van der Waals surface area contributed by atoms with Crippen LogP contribution in [0.2, 0.25) is 0 Å². The molecule has 1 unspecified atom stereocenters. The molecule has 2 aliphatic carbocycles. The van der Waals surface area contributed by atoms with Gasteiger partial charge < -0.3 is 5.32 Å². The fraction of sp³-hybridized carbons (Fsp3) is 1.00. The predicted molar refractivity (Wildman–Crippen MR) is 70.9 cm³/mol. The summed E-state index contributed by atoms with van der Waals surface area (Å²) in [5.74, 6) is 0. The molecule has 4 heteroatoms. The van der Waals surface area contributed by atoms with Crippen LogP contribution in [0.4, 0.5) is 0 Å². The maximum absolute atomic E-state index is 12.3. The van der Waals surface area contributed by atoms with Gasteiger partial charge in [0.25, 0.3) is 0 Å². The summed E-state index contributed by atoms with van der Waals surface area (Å²) in [4.78, 5) is 0. The molecule has 17 heavy (non-hydrogen) atoms. The summed E-state index contributed by atoms with van der Waals surface area (Å²) >= 11 is 0. The lowest BCUT2D eigenvalue weighted by atomic mass is 10.2. The van der Waals surface area contributed by atoms with Crippen molar-refractivity contribution in [2.24, 2.45) is 0 Å². The molecule has 100 valence electrons. The molecule has 1 N–H and O–H groups in total. The van der Waals surface area contributed by atoms with Gasteiger partial charge in [-0.3, -0.25) is 0 Å². The fourth-order valence-corrected chi connectivity index (χ4v) is 5.10. The molecular formula is C13H25NO2S. The summed E-state index contributed by atoms with van der Waals surface area (Å²) < 4.78 is 24.6. The van der Waals surface area contributed by atoms with E-state index >= 15 is 0 Å². The molecular weight excluding hydrogens is 234 g/mol. The second-order valence-electron chi connectivity index (χ2n) is 5.70. The van der Waals surface area contributed by atoms with E-state index in [1.807, 2.05) is 6.92 Å². The smallest absolute Gasteiger partial charge is 0.156 e. The van der Waals surface area contributed by atoms with Gasteiger partial charge in [-0.1, -0.05) is 25.7 Å². The van der Waals surface area contributed by atoms with Gasteiger partial charge in [0.15, 0.2) is 9.84 Å². The van der Waals surface area contributed by atoms with Gasteiger partial charge in [0, 0.05) is 12.6 Å². The highest BCUT2D eigenvalue weighted by Crippen LogP contribution is 2.27. The predicted octanol–water partition coefficient (Wildman–Crippen LogP) is 2.26. The minimum Gasteiger partial charge on any atom is -0.313 e. The Morgan fingerprint density at radius 3 is 2.18 bits per heavy atom. The Morgan fingerprint density at radius 1 is 1.06 bits per heavy atom. The van der Waals surface area contributed by atoms with E-state index in [0.29, 0.717) is 12.6 Å². The summed E-state index contributed by atoms with van der Waals surface area (Å²) in [5.41, 5.74) is 0. The minimum absolute atomic E-state index is 0.0529. The second kappa shape index (κ2) is 5.70. The van der Waals surface area contributed by atoms with E-state index in [-0.39, 0.29) is 10.5 Å². The first-order valence-electron chi connectivity index (χ1n) is 7.07. The van der Waals surface area contributed by atoms with Gasteiger partial charge >= 0.3 is 0 Å². The number of nitrogens with one attached hydrogen (secondary N) is 1. The van der Waals surface area contributed by atoms with Crippen molar-refractivity contribution in [1.29, 1.82) is 0 Å². The normalized spacial score (nSPS) is 25.5. The van der Waals surface area contributed by atoms with Crippen molar-refractivity contribution in [2.45, 2.75) is 74.8 Å². The zero-order chi connectivity index (χ0) is 12.3. The average molecular weight is 259 g/mol. The van der Waals surface area contributed by atoms with Gasteiger partial charge in [-0.25, -0.2) is 8.42 Å². The van der Waals surface area contributed by atoms with Crippen LogP contribution in [0, 0.1) is 0 Å². The highest BCUT2D eigenvalue weighted by molar-refractivity contribution is 7.92. The van der Waals surface area contributed by atoms with Crippen molar-refractivity contribution < 1.29 is 8.42 Å². The van der Waals surface area contributed by atoms with E-state index in [4.69, 9.17) is 0 Å². The Hall–Kier alpha value is -0.0900. The highest BCUT2D eigenvalue weighted by Gasteiger charge is 2.33. The maximum atomic E-state index is 12.3. The molecule has 0 aromatic heterocycles. The van der Waals surface area contributed by atoms with Crippen LogP contribution in [0.15, 0.2) is 0 Å². The molecule has 3 nitrogen and oxygen atoms in total. The molecule has 2 saturated carbocycles. The molecule has 1 atom stereocenters. The van der Waals surface area contributed by atoms with E-state index in [2.05, 4.69) is 5.32 Å². The van der Waals surface area contributed by atoms with Gasteiger partial charge in [0.05, 0.1) is 10.5 Å². The first kappa shape index (κ1) is 13.3. The number of hydrogen-bond acceptors (Lipinski definition) is 3. The lowest BCUT2D eigenvalue weighted by Crippen LogP contribution is -2.39. The second-order valence-corrected chi connectivity index (χ2v) is 8.35. The SMILES string of the molecule is CC(CNC1CCCC1)S(=O)(=O)C1CCCC1. The summed E-state index contributed by atoms with van der Waals surface area (Å²) in [5, 5.41) is 3.16. The Morgan fingerprint density at radius 2 is 1.59 bits per heavy atom. The molecule has 0 bridgehead atoms. The lowest BCUT2D eigenvalue weighted by molar-refractivity contribution is 0.508. The van der Waals surface area contributed by atoms with Crippen LogP contribution in [0.5, 0.6) is 0 Å². The maximum Gasteiger partial charge on any atom is 0.156 e. The molecule has 0 saturated heterocycles. The van der Waals surface area contributed by atoms with Gasteiger partial charge in [0.2, 0.25) is 0 Å². The van der Waals surface area contributed by atoms with E-state index in [9.17, 15) is 8.42 Å². The van der Waals surface area contributed by atoms with E-state index in [0.717, 1.165) is 25.7 Å². The first-order valence-corrected chi connectivity index (χ1v) is 8.68. The summed E-state index contributed by atoms with van der Waals surface area (Å²) in [7, 11) is -2.89. The van der Waals surface area contributed by atoms with Crippen LogP contribution in [-0.2, 0) is 9.84 Å². The van der Waals surface area contributed by atoms with Crippen LogP contribution in [0.1, 0.15) is 58.3 Å². The molecule has 0 amide bonds. The third kappa shape index (κ3) is 3.22. The molecule has 0 heterocycles. The average Bonchev–Trinajstić information content (AvgIpc) is 2.98. The minimum atomic E-state index is -2.89. The largest absolute Gasteiger partial charge is 0.313 e. The third-order valence-corrected chi connectivity index (χ3v) is 7.07. The van der Waals surface area contributed by atoms with Crippen molar-refractivity contribution in [3.05, 3.63) is 0 Å². The molecule has 0 aliphatic heterocycles. The van der Waals surface area contributed by atoms with Crippen LogP contribution in [0.25, 0.3) is 0 Å². The third-order valence-electron chi connectivity index (χ3n) is 4.38. The van der Waals surface area contributed by atoms with Crippen molar-refractivity contribution in [2.75, 3.05) is 6.54 Å². The van der Waals surface area contributed by atoms with Crippen molar-refractivity contribution in [3.8, 4) is 0 Å². The Balaban J connectivity index is 1.83. The van der Waals surface area contributed by atoms with Gasteiger partial charge in [0.1, 0.15) is 0 Å². The first-order chi connectivity index (χ1) is 8.10. The molecule has 0 aromatic rings. The Labute approximate surface area is 105 Å². The number of hydrogen-bond donors (Lipinski definition) is 1. The monoisotopic (exact) mass is 259 g/mol. The zero-order valence-corrected chi connectivity index (χ0v) is 11.6. The molecule has 0 radical (unpaired) electrons. The van der Waals surface area contributed by atoms with E-state index in [1.165, 1.54) is 25.7 Å². The van der Waals surface area contributed by atoms with Gasteiger partial charge in [-0.2, -0.15) is 0 Å². The van der Waals surface area contributed by atoms with Crippen LogP contribution in [0.3, 0.4) is 0 Å². The van der Waals surface area contributed by atoms with E-state index in [1.54, 1.807) is 0 Å². The van der Waals surface area contributed by atoms with Crippen molar-refractivity contribution in [1.82, 2.24) is 5.32 Å². The molecule has 2 aliphatic rings. The standard InChI is InChI=1S/C13H25NO2S/c1-11(10-14-12-6-2-3-7-12)17(15,16)13-8-4-5-9-13/h11-14H,2-10H2,1H3. The Kier molecular flexibility index (Phi) is 4.47. The molecule has 2 rings (SSSR count). The molecule has 2 fully saturated rings. The van der Waals surface area contributed by atoms with E-state index < -0.39 is 9.84 Å². The van der Waals surface area contributed by atoms with Crippen molar-refractivity contribution in [3.63, 3.8) is 0 Å². The highest BCUT2D eigenvalue weighted by atomic mass is 32.2. The Bertz CT molecular complexity index is 327. The topological polar surface area (TPSA) is 46.2 Å². The van der Waals surface area contributed by atoms with Gasteiger partial charge in [-0.15, -0.1) is 0 Å². The summed E-state index contributed by atoms with van der Waals surface area (Å²) in [6.07, 6.45) is 8.97. The van der Waals surface area contributed by atoms with Gasteiger partial charge in [-0.05, 0) is 32.6 Å². The summed E-state index contributed by atoms with van der Waals surface area (Å²) in [6, 6.07) is 0.566. The quantitative estimate of drug-likeness (QED) is 0.824. The van der Waals surface area contributed by atoms with Crippen LogP contribution in [-0.4, -0.2) is 31.5 Å².